The van der Waals surface area contributed by atoms with E-state index in [2.05, 4.69) is 11.3 Å². The van der Waals surface area contributed by atoms with Crippen LogP contribution in [-0.4, -0.2) is 56.8 Å². The number of hydrogen-bond acceptors (Lipinski definition) is 4. The number of likely N-dealkylation sites (N-methyl/N-ethyl adjacent to an activating group) is 1. The smallest absolute Gasteiger partial charge is 0.306 e. The van der Waals surface area contributed by atoms with Crippen molar-refractivity contribution in [3.63, 3.8) is 0 Å². The summed E-state index contributed by atoms with van der Waals surface area (Å²) in [5.74, 6) is -0.432. The lowest BCUT2D eigenvalue weighted by molar-refractivity contribution is -0.140. The molecule has 0 aromatic heterocycles. The van der Waals surface area contributed by atoms with Crippen LogP contribution in [0.2, 0.25) is 0 Å². The molecule has 0 aromatic rings. The molecule has 0 radical (unpaired) electrons. The van der Waals surface area contributed by atoms with Crippen LogP contribution < -0.4 is 0 Å². The van der Waals surface area contributed by atoms with E-state index >= 15 is 0 Å². The minimum Gasteiger partial charge on any atom is -0.469 e. The Morgan fingerprint density at radius 2 is 2.06 bits per heavy atom. The van der Waals surface area contributed by atoms with Gasteiger partial charge in [-0.2, -0.15) is 17.0 Å². The number of carbonyl (C=O) groups is 1. The summed E-state index contributed by atoms with van der Waals surface area (Å²) in [6, 6.07) is 0. The molecule has 0 aliphatic rings. The first-order valence-corrected chi connectivity index (χ1v) is 6.68. The van der Waals surface area contributed by atoms with E-state index in [0.29, 0.717) is 6.54 Å². The first kappa shape index (κ1) is 16.1. The van der Waals surface area contributed by atoms with Gasteiger partial charge in [0.15, 0.2) is 0 Å². The van der Waals surface area contributed by atoms with Crippen molar-refractivity contribution in [1.82, 2.24) is 8.61 Å². The predicted octanol–water partition coefficient (Wildman–Crippen LogP) is 0.234. The molecule has 0 aromatic carbocycles. The summed E-state index contributed by atoms with van der Waals surface area (Å²) in [5, 5.41) is 0. The van der Waals surface area contributed by atoms with Gasteiger partial charge in [0.05, 0.1) is 13.5 Å². The SMILES string of the molecule is C=CCN(CC)S(=O)(=O)N(C)CCC(=O)OC. The third-order valence-electron chi connectivity index (χ3n) is 2.26. The molecule has 7 heteroatoms. The van der Waals surface area contributed by atoms with Gasteiger partial charge in [-0.25, -0.2) is 0 Å². The van der Waals surface area contributed by atoms with Gasteiger partial charge in [-0.3, -0.25) is 4.79 Å². The summed E-state index contributed by atoms with van der Waals surface area (Å²) < 4.78 is 30.9. The first-order chi connectivity index (χ1) is 7.89. The average Bonchev–Trinajstić information content (AvgIpc) is 2.31. The Bertz CT molecular complexity index is 353. The largest absolute Gasteiger partial charge is 0.469 e. The van der Waals surface area contributed by atoms with Gasteiger partial charge in [0, 0.05) is 26.7 Å². The lowest BCUT2D eigenvalue weighted by Crippen LogP contribution is -2.42. The molecule has 0 aliphatic carbocycles. The lowest BCUT2D eigenvalue weighted by atomic mass is 10.4. The molecule has 0 unspecified atom stereocenters. The van der Waals surface area contributed by atoms with Crippen molar-refractivity contribution in [2.75, 3.05) is 33.8 Å². The van der Waals surface area contributed by atoms with Crippen molar-refractivity contribution < 1.29 is 17.9 Å². The van der Waals surface area contributed by atoms with E-state index in [1.54, 1.807) is 6.92 Å². The summed E-state index contributed by atoms with van der Waals surface area (Å²) >= 11 is 0. The number of rotatable bonds is 8. The zero-order valence-electron chi connectivity index (χ0n) is 10.5. The van der Waals surface area contributed by atoms with Crippen molar-refractivity contribution in [1.29, 1.82) is 0 Å². The van der Waals surface area contributed by atoms with E-state index in [-0.39, 0.29) is 19.5 Å². The van der Waals surface area contributed by atoms with E-state index in [0.717, 1.165) is 4.31 Å². The van der Waals surface area contributed by atoms with Crippen LogP contribution in [0.4, 0.5) is 0 Å². The highest BCUT2D eigenvalue weighted by molar-refractivity contribution is 7.86. The van der Waals surface area contributed by atoms with E-state index < -0.39 is 16.2 Å². The second-order valence-electron chi connectivity index (χ2n) is 3.39. The molecule has 17 heavy (non-hydrogen) atoms. The normalized spacial score (nSPS) is 11.8. The quantitative estimate of drug-likeness (QED) is 0.465. The Labute approximate surface area is 103 Å². The number of carbonyl (C=O) groups excluding carboxylic acids is 1. The lowest BCUT2D eigenvalue weighted by Gasteiger charge is -2.25. The van der Waals surface area contributed by atoms with Gasteiger partial charge in [0.2, 0.25) is 0 Å². The van der Waals surface area contributed by atoms with Crippen molar-refractivity contribution in [2.45, 2.75) is 13.3 Å². The topological polar surface area (TPSA) is 66.9 Å². The van der Waals surface area contributed by atoms with E-state index in [9.17, 15) is 13.2 Å². The van der Waals surface area contributed by atoms with Crippen LogP contribution in [0.3, 0.4) is 0 Å². The van der Waals surface area contributed by atoms with Crippen LogP contribution in [0.15, 0.2) is 12.7 Å². The fraction of sp³-hybridized carbons (Fsp3) is 0.700. The van der Waals surface area contributed by atoms with Gasteiger partial charge < -0.3 is 4.74 Å². The van der Waals surface area contributed by atoms with Crippen LogP contribution >= 0.6 is 0 Å². The number of hydrogen-bond donors (Lipinski definition) is 0. The molecule has 0 N–H and O–H groups in total. The monoisotopic (exact) mass is 264 g/mol. The highest BCUT2D eigenvalue weighted by Gasteiger charge is 2.24. The third-order valence-corrected chi connectivity index (χ3v) is 4.29. The van der Waals surface area contributed by atoms with Crippen LogP contribution in [-0.2, 0) is 19.7 Å². The van der Waals surface area contributed by atoms with Crippen molar-refractivity contribution in [3.8, 4) is 0 Å². The Morgan fingerprint density at radius 3 is 2.47 bits per heavy atom. The standard InChI is InChI=1S/C10H20N2O4S/c1-5-8-12(6-2)17(14,15)11(3)9-7-10(13)16-4/h5H,1,6-9H2,2-4H3. The van der Waals surface area contributed by atoms with E-state index in [1.807, 2.05) is 0 Å². The van der Waals surface area contributed by atoms with Crippen LogP contribution in [0.5, 0.6) is 0 Å². The second kappa shape index (κ2) is 7.41. The zero-order valence-corrected chi connectivity index (χ0v) is 11.4. The molecule has 0 amide bonds. The van der Waals surface area contributed by atoms with Crippen LogP contribution in [0, 0.1) is 0 Å². The molecule has 6 nitrogen and oxygen atoms in total. The third kappa shape index (κ3) is 4.84. The predicted molar refractivity (Wildman–Crippen MR) is 65.6 cm³/mol. The van der Waals surface area contributed by atoms with Crippen molar-refractivity contribution in [3.05, 3.63) is 12.7 Å². The molecule has 0 aliphatic heterocycles. The highest BCUT2D eigenvalue weighted by atomic mass is 32.2. The first-order valence-electron chi connectivity index (χ1n) is 5.29. The molecule has 0 fully saturated rings. The minimum atomic E-state index is -3.53. The molecule has 0 saturated heterocycles. The highest BCUT2D eigenvalue weighted by Crippen LogP contribution is 2.06. The molecular weight excluding hydrogens is 244 g/mol. The molecule has 0 spiro atoms. The summed E-state index contributed by atoms with van der Waals surface area (Å²) in [6.45, 7) is 5.96. The Morgan fingerprint density at radius 1 is 1.47 bits per heavy atom. The second-order valence-corrected chi connectivity index (χ2v) is 5.43. The molecule has 0 rings (SSSR count). The molecule has 0 bridgehead atoms. The fourth-order valence-electron chi connectivity index (χ4n) is 1.19. The van der Waals surface area contributed by atoms with Crippen molar-refractivity contribution in [2.24, 2.45) is 0 Å². The number of esters is 1. The summed E-state index contributed by atoms with van der Waals surface area (Å²) in [5.41, 5.74) is 0. The average molecular weight is 264 g/mol. The van der Waals surface area contributed by atoms with Gasteiger partial charge in [0.25, 0.3) is 10.2 Å². The van der Waals surface area contributed by atoms with Crippen LogP contribution in [0.1, 0.15) is 13.3 Å². The molecule has 0 atom stereocenters. The van der Waals surface area contributed by atoms with E-state index in [4.69, 9.17) is 0 Å². The maximum atomic E-state index is 12.0. The Kier molecular flexibility index (Phi) is 7.01. The number of methoxy groups -OCH3 is 1. The fourth-order valence-corrected chi connectivity index (χ4v) is 2.53. The van der Waals surface area contributed by atoms with Crippen LogP contribution in [0.25, 0.3) is 0 Å². The summed E-state index contributed by atoms with van der Waals surface area (Å²) in [4.78, 5) is 10.9. The maximum Gasteiger partial charge on any atom is 0.306 e. The van der Waals surface area contributed by atoms with Gasteiger partial charge in [-0.1, -0.05) is 13.0 Å². The minimum absolute atomic E-state index is 0.0396. The van der Waals surface area contributed by atoms with Gasteiger partial charge in [-0.15, -0.1) is 6.58 Å². The van der Waals surface area contributed by atoms with Gasteiger partial charge >= 0.3 is 5.97 Å². The molecular formula is C10H20N2O4S. The molecule has 0 saturated carbocycles. The summed E-state index contributed by atoms with van der Waals surface area (Å²) in [6.07, 6.45) is 1.56. The Hall–Kier alpha value is -0.920. The molecule has 100 valence electrons. The van der Waals surface area contributed by atoms with Gasteiger partial charge in [-0.05, 0) is 0 Å². The number of nitrogens with zero attached hydrogens (tertiary/aromatic N) is 2. The Balaban J connectivity index is 4.57. The van der Waals surface area contributed by atoms with Gasteiger partial charge in [0.1, 0.15) is 0 Å². The summed E-state index contributed by atoms with van der Waals surface area (Å²) in [7, 11) is -0.824. The molecule has 0 heterocycles. The van der Waals surface area contributed by atoms with Crippen molar-refractivity contribution >= 4 is 16.2 Å². The maximum absolute atomic E-state index is 12.0. The van der Waals surface area contributed by atoms with E-state index in [1.165, 1.54) is 24.5 Å². The zero-order chi connectivity index (χ0) is 13.5. The number of ether oxygens (including phenoxy) is 1.